The maximum atomic E-state index is 12.9. The molecule has 1 aliphatic heterocycles. The molecule has 1 unspecified atom stereocenters. The van der Waals surface area contributed by atoms with Crippen LogP contribution in [0.3, 0.4) is 0 Å². The average Bonchev–Trinajstić information content (AvgIpc) is 3.56. The van der Waals surface area contributed by atoms with Gasteiger partial charge >= 0.3 is 5.97 Å². The van der Waals surface area contributed by atoms with Crippen LogP contribution in [-0.4, -0.2) is 60.9 Å². The molecule has 3 atom stereocenters. The van der Waals surface area contributed by atoms with Crippen LogP contribution in [0, 0.1) is 17.8 Å². The molecule has 1 saturated heterocycles. The molecule has 228 valence electrons. The highest BCUT2D eigenvalue weighted by atomic mass is 35.5. The standard InChI is InChI=1S/C32H27Cl2N7O4/c1-40-31(42)25-16(11-37-40)9-10-35-29(25)38-22-8-4-6-18(28(22)34)17-5-3-7-19(27(17)33)23-12-36-24(30(39-23)45-2)15-41-13-20-21(14-41)26(20)32(43)44/h3-12,20-21,26H,13-15H2,1-2H3,(H,35,38)(H,43,44)/t20-,21+,26?. The predicted octanol–water partition coefficient (Wildman–Crippen LogP) is 5.27. The van der Waals surface area contributed by atoms with Crippen molar-refractivity contribution in [2.75, 3.05) is 25.5 Å². The van der Waals surface area contributed by atoms with E-state index >= 15 is 0 Å². The summed E-state index contributed by atoms with van der Waals surface area (Å²) in [7, 11) is 3.13. The molecule has 2 aliphatic rings. The van der Waals surface area contributed by atoms with Crippen LogP contribution in [0.25, 0.3) is 33.2 Å². The number of likely N-dealkylation sites (tertiary alicyclic amines) is 1. The number of carboxylic acid groups (broad SMARTS) is 1. The van der Waals surface area contributed by atoms with Crippen LogP contribution in [0.4, 0.5) is 11.5 Å². The molecule has 0 radical (unpaired) electrons. The first-order chi connectivity index (χ1) is 21.7. The minimum Gasteiger partial charge on any atom is -0.481 e. The van der Waals surface area contributed by atoms with E-state index in [0.717, 1.165) is 13.1 Å². The average molecular weight is 645 g/mol. The maximum Gasteiger partial charge on any atom is 0.307 e. The molecule has 0 bridgehead atoms. The number of hydrogen-bond acceptors (Lipinski definition) is 9. The molecule has 45 heavy (non-hydrogen) atoms. The molecular weight excluding hydrogens is 617 g/mol. The van der Waals surface area contributed by atoms with E-state index in [9.17, 15) is 14.7 Å². The maximum absolute atomic E-state index is 12.9. The Labute approximate surface area is 267 Å². The van der Waals surface area contributed by atoms with Crippen molar-refractivity contribution in [1.29, 1.82) is 0 Å². The van der Waals surface area contributed by atoms with Crippen LogP contribution in [-0.2, 0) is 18.4 Å². The Morgan fingerprint density at radius 1 is 1.02 bits per heavy atom. The molecule has 4 heterocycles. The molecular formula is C32H27Cl2N7O4. The topological polar surface area (TPSA) is 135 Å². The molecule has 1 aliphatic carbocycles. The number of piperidine rings is 1. The minimum absolute atomic E-state index is 0.204. The second-order valence-electron chi connectivity index (χ2n) is 11.3. The smallest absolute Gasteiger partial charge is 0.307 e. The van der Waals surface area contributed by atoms with Gasteiger partial charge in [0.1, 0.15) is 11.5 Å². The van der Waals surface area contributed by atoms with Crippen LogP contribution < -0.4 is 15.6 Å². The molecule has 13 heteroatoms. The molecule has 3 aromatic heterocycles. The number of fused-ring (bicyclic) bond motifs is 2. The van der Waals surface area contributed by atoms with E-state index in [1.165, 1.54) is 4.68 Å². The third-order valence-electron chi connectivity index (χ3n) is 8.61. The van der Waals surface area contributed by atoms with Gasteiger partial charge in [0.15, 0.2) is 0 Å². The van der Waals surface area contributed by atoms with E-state index in [2.05, 4.69) is 25.3 Å². The SMILES string of the molecule is COc1nc(-c2cccc(-c3cccc(Nc4nccc5cnn(C)c(=O)c45)c3Cl)c2Cl)cnc1CN1C[C@@H]2C(C(=O)O)[C@@H]2C1. The first kappa shape index (κ1) is 29.1. The van der Waals surface area contributed by atoms with Crippen molar-refractivity contribution in [3.05, 3.63) is 87.1 Å². The van der Waals surface area contributed by atoms with Crippen molar-refractivity contribution in [2.45, 2.75) is 6.54 Å². The summed E-state index contributed by atoms with van der Waals surface area (Å²) >= 11 is 13.9. The summed E-state index contributed by atoms with van der Waals surface area (Å²) in [6.45, 7) is 1.97. The van der Waals surface area contributed by atoms with Crippen LogP contribution >= 0.6 is 23.2 Å². The Bertz CT molecular complexity index is 2040. The number of anilines is 2. The van der Waals surface area contributed by atoms with Crippen molar-refractivity contribution < 1.29 is 14.6 Å². The predicted molar refractivity (Wildman–Crippen MR) is 171 cm³/mol. The van der Waals surface area contributed by atoms with E-state index in [1.54, 1.807) is 44.9 Å². The van der Waals surface area contributed by atoms with Crippen molar-refractivity contribution in [2.24, 2.45) is 24.8 Å². The molecule has 2 aromatic carbocycles. The minimum atomic E-state index is -0.707. The van der Waals surface area contributed by atoms with E-state index in [-0.39, 0.29) is 23.3 Å². The highest BCUT2D eigenvalue weighted by molar-refractivity contribution is 6.39. The van der Waals surface area contributed by atoms with Gasteiger partial charge in [-0.25, -0.2) is 14.6 Å². The Morgan fingerprint density at radius 3 is 2.47 bits per heavy atom. The zero-order valence-electron chi connectivity index (χ0n) is 24.2. The fraction of sp³-hybridized carbons (Fsp3) is 0.250. The quantitative estimate of drug-likeness (QED) is 0.230. The molecule has 11 nitrogen and oxygen atoms in total. The number of nitrogens with zero attached hydrogens (tertiary/aromatic N) is 6. The lowest BCUT2D eigenvalue weighted by atomic mass is 10.0. The fourth-order valence-electron chi connectivity index (χ4n) is 6.29. The van der Waals surface area contributed by atoms with Crippen LogP contribution in [0.2, 0.25) is 10.0 Å². The number of aliphatic carboxylic acids is 1. The van der Waals surface area contributed by atoms with Gasteiger partial charge in [-0.2, -0.15) is 5.10 Å². The summed E-state index contributed by atoms with van der Waals surface area (Å²) in [5, 5.41) is 18.5. The van der Waals surface area contributed by atoms with Gasteiger partial charge in [-0.3, -0.25) is 19.5 Å². The van der Waals surface area contributed by atoms with E-state index in [0.29, 0.717) is 72.8 Å². The lowest BCUT2D eigenvalue weighted by molar-refractivity contribution is -0.139. The Balaban J connectivity index is 1.17. The number of ether oxygens (including phenoxy) is 1. The summed E-state index contributed by atoms with van der Waals surface area (Å²) < 4.78 is 6.87. The lowest BCUT2D eigenvalue weighted by Gasteiger charge is -2.19. The highest BCUT2D eigenvalue weighted by Gasteiger charge is 2.59. The number of aromatic nitrogens is 5. The number of methoxy groups -OCH3 is 1. The Kier molecular flexibility index (Phi) is 7.39. The van der Waals surface area contributed by atoms with Crippen molar-refractivity contribution >= 4 is 51.4 Å². The van der Waals surface area contributed by atoms with Gasteiger partial charge in [0.05, 0.1) is 52.2 Å². The van der Waals surface area contributed by atoms with Gasteiger partial charge in [-0.15, -0.1) is 0 Å². The number of carbonyl (C=O) groups is 1. The monoisotopic (exact) mass is 643 g/mol. The second kappa shape index (κ2) is 11.4. The highest BCUT2D eigenvalue weighted by Crippen LogP contribution is 2.52. The van der Waals surface area contributed by atoms with E-state index < -0.39 is 5.97 Å². The summed E-state index contributed by atoms with van der Waals surface area (Å²) in [5.74, 6) is 0.229. The number of rotatable bonds is 8. The molecule has 7 rings (SSSR count). The molecule has 2 fully saturated rings. The molecule has 1 saturated carbocycles. The van der Waals surface area contributed by atoms with Gasteiger partial charge in [-0.05, 0) is 24.0 Å². The molecule has 0 amide bonds. The second-order valence-corrected chi connectivity index (χ2v) is 12.0. The number of halogens is 2. The van der Waals surface area contributed by atoms with Crippen molar-refractivity contribution in [3.8, 4) is 28.3 Å². The summed E-state index contributed by atoms with van der Waals surface area (Å²) in [6.07, 6.45) is 4.88. The van der Waals surface area contributed by atoms with Gasteiger partial charge in [0.25, 0.3) is 5.56 Å². The van der Waals surface area contributed by atoms with Crippen LogP contribution in [0.1, 0.15) is 5.69 Å². The Morgan fingerprint density at radius 2 is 1.73 bits per heavy atom. The molecule has 2 N–H and O–H groups in total. The normalized spacial score (nSPS) is 19.0. The first-order valence-electron chi connectivity index (χ1n) is 14.3. The van der Waals surface area contributed by atoms with Crippen LogP contribution in [0.15, 0.2) is 65.8 Å². The van der Waals surface area contributed by atoms with Gasteiger partial charge in [0, 0.05) is 55.0 Å². The third kappa shape index (κ3) is 5.16. The fourth-order valence-corrected chi connectivity index (χ4v) is 6.89. The van der Waals surface area contributed by atoms with Crippen molar-refractivity contribution in [3.63, 3.8) is 0 Å². The Hall–Kier alpha value is -4.58. The summed E-state index contributed by atoms with van der Waals surface area (Å²) in [4.78, 5) is 40.2. The lowest BCUT2D eigenvalue weighted by Crippen LogP contribution is -2.26. The number of benzene rings is 2. The zero-order valence-corrected chi connectivity index (χ0v) is 25.7. The number of aryl methyl sites for hydroxylation is 1. The summed E-state index contributed by atoms with van der Waals surface area (Å²) in [6, 6.07) is 12.8. The van der Waals surface area contributed by atoms with Crippen LogP contribution in [0.5, 0.6) is 5.88 Å². The van der Waals surface area contributed by atoms with E-state index in [1.807, 2.05) is 30.3 Å². The number of pyridine rings is 1. The van der Waals surface area contributed by atoms with Crippen molar-refractivity contribution in [1.82, 2.24) is 29.6 Å². The largest absolute Gasteiger partial charge is 0.481 e. The number of nitrogens with one attached hydrogen (secondary N) is 1. The number of hydrogen-bond donors (Lipinski definition) is 2. The van der Waals surface area contributed by atoms with Gasteiger partial charge in [0.2, 0.25) is 5.88 Å². The molecule has 5 aromatic rings. The van der Waals surface area contributed by atoms with E-state index in [4.69, 9.17) is 32.9 Å². The zero-order chi connectivity index (χ0) is 31.4. The molecule has 0 spiro atoms. The van der Waals surface area contributed by atoms with Gasteiger partial charge in [-0.1, -0.05) is 53.5 Å². The first-order valence-corrected chi connectivity index (χ1v) is 15.0. The number of carboxylic acids is 1. The third-order valence-corrected chi connectivity index (χ3v) is 9.43. The summed E-state index contributed by atoms with van der Waals surface area (Å²) in [5.41, 5.74) is 3.49. The van der Waals surface area contributed by atoms with Gasteiger partial charge < -0.3 is 15.2 Å².